The van der Waals surface area contributed by atoms with Gasteiger partial charge in [0.15, 0.2) is 17.2 Å². The number of ether oxygens (including phenoxy) is 3. The van der Waals surface area contributed by atoms with Crippen LogP contribution in [-0.4, -0.2) is 22.6 Å². The molecule has 0 amide bonds. The number of benzene rings is 3. The third-order valence-corrected chi connectivity index (χ3v) is 5.51. The molecule has 3 aromatic carbocycles. The summed E-state index contributed by atoms with van der Waals surface area (Å²) in [5, 5.41) is 0.279. The minimum absolute atomic E-state index is 0.00637. The first-order valence-corrected chi connectivity index (χ1v) is 10.2. The lowest BCUT2D eigenvalue weighted by Gasteiger charge is -2.16. The van der Waals surface area contributed by atoms with Crippen molar-refractivity contribution in [3.8, 4) is 23.0 Å². The van der Waals surface area contributed by atoms with Gasteiger partial charge in [0.1, 0.15) is 16.5 Å². The maximum atomic E-state index is 13.7. The molecule has 0 heterocycles. The molecule has 0 aliphatic rings. The van der Waals surface area contributed by atoms with Crippen LogP contribution in [0.2, 0.25) is 5.02 Å². The molecular weight excluding hydrogens is 421 g/mol. The maximum absolute atomic E-state index is 13.7. The van der Waals surface area contributed by atoms with Crippen molar-refractivity contribution in [3.05, 3.63) is 71.5 Å². The van der Waals surface area contributed by atoms with Gasteiger partial charge in [0.05, 0.1) is 19.9 Å². The lowest BCUT2D eigenvalue weighted by Crippen LogP contribution is -2.15. The van der Waals surface area contributed by atoms with Crippen LogP contribution in [0.15, 0.2) is 65.6 Å². The van der Waals surface area contributed by atoms with Gasteiger partial charge in [-0.15, -0.1) is 0 Å². The zero-order valence-electron chi connectivity index (χ0n) is 15.5. The van der Waals surface area contributed by atoms with E-state index in [0.717, 1.165) is 12.1 Å². The Hall–Kier alpha value is -2.97. The summed E-state index contributed by atoms with van der Waals surface area (Å²) in [6.45, 7) is 0. The molecule has 3 rings (SSSR count). The zero-order chi connectivity index (χ0) is 21.0. The Balaban J connectivity index is 2.01. The Bertz CT molecular complexity index is 1140. The minimum Gasteiger partial charge on any atom is -0.495 e. The van der Waals surface area contributed by atoms with Gasteiger partial charge in [-0.3, -0.25) is 4.72 Å². The highest BCUT2D eigenvalue weighted by Gasteiger charge is 2.23. The van der Waals surface area contributed by atoms with E-state index < -0.39 is 15.8 Å². The lowest BCUT2D eigenvalue weighted by molar-refractivity contribution is 0.379. The summed E-state index contributed by atoms with van der Waals surface area (Å²) in [6, 6.07) is 14.5. The summed E-state index contributed by atoms with van der Waals surface area (Å²) in [5.74, 6) is 0.290. The highest BCUT2D eigenvalue weighted by Crippen LogP contribution is 2.38. The fourth-order valence-electron chi connectivity index (χ4n) is 2.55. The standard InChI is InChI=1S/C20H17ClFNO5S/c1-26-17-5-3-4-6-18(17)28-16-9-7-13(21)11-15(16)23-29(24,25)20-12-14(22)8-10-19(20)27-2/h3-12,23H,1-2H3. The van der Waals surface area contributed by atoms with Crippen molar-refractivity contribution in [2.45, 2.75) is 4.90 Å². The monoisotopic (exact) mass is 437 g/mol. The van der Waals surface area contributed by atoms with Crippen LogP contribution in [-0.2, 0) is 10.0 Å². The molecule has 1 N–H and O–H groups in total. The molecule has 0 saturated heterocycles. The third-order valence-electron chi connectivity index (χ3n) is 3.89. The quantitative estimate of drug-likeness (QED) is 0.557. The summed E-state index contributed by atoms with van der Waals surface area (Å²) >= 11 is 6.04. The van der Waals surface area contributed by atoms with Crippen LogP contribution in [0.4, 0.5) is 10.1 Å². The van der Waals surface area contributed by atoms with E-state index >= 15 is 0 Å². The van der Waals surface area contributed by atoms with E-state index in [1.165, 1.54) is 32.4 Å². The van der Waals surface area contributed by atoms with Crippen molar-refractivity contribution in [1.82, 2.24) is 0 Å². The number of anilines is 1. The summed E-state index contributed by atoms with van der Waals surface area (Å²) in [7, 11) is -1.43. The first kappa shape index (κ1) is 20.8. The second-order valence-corrected chi connectivity index (χ2v) is 7.88. The first-order valence-electron chi connectivity index (χ1n) is 8.31. The molecule has 0 unspecified atom stereocenters. The number of hydrogen-bond acceptors (Lipinski definition) is 5. The molecule has 0 bridgehead atoms. The highest BCUT2D eigenvalue weighted by atomic mass is 35.5. The van der Waals surface area contributed by atoms with Gasteiger partial charge in [-0.1, -0.05) is 23.7 Å². The van der Waals surface area contributed by atoms with E-state index in [9.17, 15) is 12.8 Å². The molecule has 9 heteroatoms. The Morgan fingerprint density at radius 1 is 0.862 bits per heavy atom. The van der Waals surface area contributed by atoms with Gasteiger partial charge >= 0.3 is 0 Å². The normalized spacial score (nSPS) is 11.0. The smallest absolute Gasteiger partial charge is 0.265 e. The summed E-state index contributed by atoms with van der Waals surface area (Å²) < 4.78 is 57.9. The summed E-state index contributed by atoms with van der Waals surface area (Å²) in [6.07, 6.45) is 0. The molecule has 0 saturated carbocycles. The molecule has 0 radical (unpaired) electrons. The van der Waals surface area contributed by atoms with Crippen molar-refractivity contribution in [2.75, 3.05) is 18.9 Å². The Labute approximate surface area is 172 Å². The van der Waals surface area contributed by atoms with Crippen LogP contribution in [0.25, 0.3) is 0 Å². The van der Waals surface area contributed by atoms with Gasteiger partial charge in [-0.05, 0) is 48.5 Å². The number of nitrogens with one attached hydrogen (secondary N) is 1. The average Bonchev–Trinajstić information content (AvgIpc) is 2.70. The Morgan fingerprint density at radius 2 is 1.52 bits per heavy atom. The second kappa shape index (κ2) is 8.59. The van der Waals surface area contributed by atoms with E-state index in [1.54, 1.807) is 30.3 Å². The van der Waals surface area contributed by atoms with E-state index in [0.29, 0.717) is 11.5 Å². The predicted octanol–water partition coefficient (Wildman–Crippen LogP) is 5.09. The summed E-state index contributed by atoms with van der Waals surface area (Å²) in [4.78, 5) is -0.358. The molecule has 0 spiro atoms. The predicted molar refractivity (Wildman–Crippen MR) is 108 cm³/mol. The van der Waals surface area contributed by atoms with Crippen LogP contribution in [0.5, 0.6) is 23.0 Å². The number of sulfonamides is 1. The van der Waals surface area contributed by atoms with Crippen LogP contribution in [0.3, 0.4) is 0 Å². The molecule has 0 aromatic heterocycles. The van der Waals surface area contributed by atoms with Gasteiger partial charge in [-0.25, -0.2) is 12.8 Å². The largest absolute Gasteiger partial charge is 0.495 e. The number of methoxy groups -OCH3 is 2. The summed E-state index contributed by atoms with van der Waals surface area (Å²) in [5.41, 5.74) is 0.0646. The van der Waals surface area contributed by atoms with Gasteiger partial charge in [0.25, 0.3) is 10.0 Å². The second-order valence-electron chi connectivity index (χ2n) is 5.79. The van der Waals surface area contributed by atoms with E-state index in [1.807, 2.05) is 0 Å². The average molecular weight is 438 g/mol. The highest BCUT2D eigenvalue weighted by molar-refractivity contribution is 7.92. The van der Waals surface area contributed by atoms with Crippen molar-refractivity contribution in [3.63, 3.8) is 0 Å². The molecule has 0 fully saturated rings. The third kappa shape index (κ3) is 4.72. The van der Waals surface area contributed by atoms with E-state index in [2.05, 4.69) is 4.72 Å². The number of hydrogen-bond donors (Lipinski definition) is 1. The van der Waals surface area contributed by atoms with Crippen LogP contribution < -0.4 is 18.9 Å². The number of rotatable bonds is 7. The van der Waals surface area contributed by atoms with Crippen molar-refractivity contribution in [2.24, 2.45) is 0 Å². The molecule has 152 valence electrons. The van der Waals surface area contributed by atoms with Crippen molar-refractivity contribution >= 4 is 27.3 Å². The Morgan fingerprint density at radius 3 is 2.21 bits per heavy atom. The first-order chi connectivity index (χ1) is 13.8. The van der Waals surface area contributed by atoms with Gasteiger partial charge in [0.2, 0.25) is 0 Å². The van der Waals surface area contributed by atoms with Crippen LogP contribution in [0, 0.1) is 5.82 Å². The topological polar surface area (TPSA) is 73.9 Å². The van der Waals surface area contributed by atoms with E-state index in [4.69, 9.17) is 25.8 Å². The Kier molecular flexibility index (Phi) is 6.14. The zero-order valence-corrected chi connectivity index (χ0v) is 17.1. The molecular formula is C20H17ClFNO5S. The molecule has 6 nitrogen and oxygen atoms in total. The van der Waals surface area contributed by atoms with Gasteiger partial charge < -0.3 is 14.2 Å². The fraction of sp³-hybridized carbons (Fsp3) is 0.100. The van der Waals surface area contributed by atoms with Gasteiger partial charge in [0, 0.05) is 5.02 Å². The minimum atomic E-state index is -4.21. The fourth-order valence-corrected chi connectivity index (χ4v) is 3.97. The molecule has 3 aromatic rings. The van der Waals surface area contributed by atoms with Crippen molar-refractivity contribution < 1.29 is 27.0 Å². The molecule has 0 atom stereocenters. The van der Waals surface area contributed by atoms with Crippen LogP contribution in [0.1, 0.15) is 0 Å². The SMILES string of the molecule is COc1ccccc1Oc1ccc(Cl)cc1NS(=O)(=O)c1cc(F)ccc1OC. The molecule has 29 heavy (non-hydrogen) atoms. The number of halogens is 2. The van der Waals surface area contributed by atoms with Gasteiger partial charge in [-0.2, -0.15) is 0 Å². The van der Waals surface area contributed by atoms with Crippen molar-refractivity contribution in [1.29, 1.82) is 0 Å². The van der Waals surface area contributed by atoms with E-state index in [-0.39, 0.29) is 27.1 Å². The van der Waals surface area contributed by atoms with Crippen LogP contribution >= 0.6 is 11.6 Å². The number of para-hydroxylation sites is 2. The molecule has 0 aliphatic carbocycles. The molecule has 0 aliphatic heterocycles. The lowest BCUT2D eigenvalue weighted by atomic mass is 10.3. The maximum Gasteiger partial charge on any atom is 0.265 e.